The molecule has 5 rings (SSSR count). The topological polar surface area (TPSA) is 113 Å². The monoisotopic (exact) mass is 448 g/mol. The number of rotatable bonds is 4. The second-order valence-corrected chi connectivity index (χ2v) is 7.72. The first-order chi connectivity index (χ1) is 15.5. The van der Waals surface area contributed by atoms with Gasteiger partial charge in [-0.1, -0.05) is 23.7 Å². The highest BCUT2D eigenvalue weighted by molar-refractivity contribution is 6.34. The fourth-order valence-corrected chi connectivity index (χ4v) is 3.97. The molecule has 1 saturated heterocycles. The van der Waals surface area contributed by atoms with Crippen LogP contribution in [0, 0.1) is 0 Å². The molecule has 0 atom stereocenters. The maximum Gasteiger partial charge on any atom is 0.261 e. The van der Waals surface area contributed by atoms with Gasteiger partial charge in [-0.15, -0.1) is 0 Å². The van der Waals surface area contributed by atoms with Crippen molar-refractivity contribution < 1.29 is 9.59 Å². The van der Waals surface area contributed by atoms with E-state index in [2.05, 4.69) is 20.4 Å². The molecule has 4 aromatic rings. The standard InChI is InChI=1S/C22H17ClN6O3/c23-15-8-7-13(10-18(15)28-9-3-6-19(28)30)21(31)27-16-4-1-2-5-17(16)29-20-14(11-26-29)22(32)25-12-24-20/h1-2,4-5,7-8,10-12H,3,6,9H2,(H,27,31)(H,24,25,32). The van der Waals surface area contributed by atoms with Gasteiger partial charge in [0, 0.05) is 18.5 Å². The molecule has 2 amide bonds. The minimum atomic E-state index is -0.371. The van der Waals surface area contributed by atoms with E-state index >= 15 is 0 Å². The average molecular weight is 449 g/mol. The normalized spacial score (nSPS) is 13.7. The third kappa shape index (κ3) is 3.42. The van der Waals surface area contributed by atoms with Gasteiger partial charge in [0.2, 0.25) is 5.91 Å². The molecule has 3 heterocycles. The highest BCUT2D eigenvalue weighted by atomic mass is 35.5. The number of carbonyl (C=O) groups is 2. The van der Waals surface area contributed by atoms with Crippen LogP contribution in [0.15, 0.2) is 59.8 Å². The van der Waals surface area contributed by atoms with Crippen LogP contribution in [0.5, 0.6) is 0 Å². The van der Waals surface area contributed by atoms with Gasteiger partial charge in [0.05, 0.1) is 34.6 Å². The number of benzene rings is 2. The zero-order valence-electron chi connectivity index (χ0n) is 16.7. The average Bonchev–Trinajstić information content (AvgIpc) is 3.41. The number of nitrogens with one attached hydrogen (secondary N) is 2. The molecule has 9 nitrogen and oxygen atoms in total. The van der Waals surface area contributed by atoms with E-state index in [-0.39, 0.29) is 17.4 Å². The van der Waals surface area contributed by atoms with Crippen molar-refractivity contribution in [3.05, 3.63) is 75.9 Å². The van der Waals surface area contributed by atoms with E-state index in [1.54, 1.807) is 47.4 Å². The SMILES string of the molecule is O=C(Nc1ccccc1-n1ncc2c(=O)[nH]cnc21)c1ccc(Cl)c(N2CCCC2=O)c1. The van der Waals surface area contributed by atoms with Gasteiger partial charge in [-0.25, -0.2) is 9.67 Å². The molecule has 160 valence electrons. The number of aromatic nitrogens is 4. The Morgan fingerprint density at radius 3 is 2.78 bits per heavy atom. The van der Waals surface area contributed by atoms with Crippen LogP contribution in [0.25, 0.3) is 16.7 Å². The van der Waals surface area contributed by atoms with Crippen LogP contribution in [-0.4, -0.2) is 38.1 Å². The lowest BCUT2D eigenvalue weighted by Gasteiger charge is -2.18. The van der Waals surface area contributed by atoms with E-state index in [9.17, 15) is 14.4 Å². The largest absolute Gasteiger partial charge is 0.320 e. The molecule has 2 N–H and O–H groups in total. The Morgan fingerprint density at radius 2 is 1.97 bits per heavy atom. The lowest BCUT2D eigenvalue weighted by Crippen LogP contribution is -2.24. The summed E-state index contributed by atoms with van der Waals surface area (Å²) in [6, 6.07) is 11.9. The van der Waals surface area contributed by atoms with Crippen LogP contribution in [0.1, 0.15) is 23.2 Å². The predicted molar refractivity (Wildman–Crippen MR) is 120 cm³/mol. The summed E-state index contributed by atoms with van der Waals surface area (Å²) in [5.41, 5.74) is 2.00. The molecule has 0 aliphatic carbocycles. The van der Waals surface area contributed by atoms with Crippen LogP contribution in [0.3, 0.4) is 0 Å². The number of halogens is 1. The summed E-state index contributed by atoms with van der Waals surface area (Å²) in [4.78, 5) is 45.5. The number of H-pyrrole nitrogens is 1. The van der Waals surface area contributed by atoms with Crippen LogP contribution >= 0.6 is 11.6 Å². The fraction of sp³-hybridized carbons (Fsp3) is 0.136. The highest BCUT2D eigenvalue weighted by Gasteiger charge is 2.24. The minimum Gasteiger partial charge on any atom is -0.320 e. The number of hydrogen-bond acceptors (Lipinski definition) is 5. The molecular formula is C22H17ClN6O3. The molecule has 0 unspecified atom stereocenters. The third-order valence-electron chi connectivity index (χ3n) is 5.32. The summed E-state index contributed by atoms with van der Waals surface area (Å²) < 4.78 is 1.50. The Labute approximate surface area is 186 Å². The van der Waals surface area contributed by atoms with E-state index in [0.717, 1.165) is 6.42 Å². The molecule has 1 fully saturated rings. The van der Waals surface area contributed by atoms with Crippen molar-refractivity contribution in [2.75, 3.05) is 16.8 Å². The Bertz CT molecular complexity index is 1430. The van der Waals surface area contributed by atoms with Crippen LogP contribution in [0.2, 0.25) is 5.02 Å². The van der Waals surface area contributed by atoms with Crippen molar-refractivity contribution in [2.45, 2.75) is 12.8 Å². The van der Waals surface area contributed by atoms with E-state index in [1.807, 2.05) is 0 Å². The van der Waals surface area contributed by atoms with Gasteiger partial charge in [-0.2, -0.15) is 5.10 Å². The van der Waals surface area contributed by atoms with Crippen molar-refractivity contribution in [2.24, 2.45) is 0 Å². The summed E-state index contributed by atoms with van der Waals surface area (Å²) in [5.74, 6) is -0.382. The van der Waals surface area contributed by atoms with E-state index in [0.29, 0.717) is 51.6 Å². The van der Waals surface area contributed by atoms with Gasteiger partial charge >= 0.3 is 0 Å². The number of fused-ring (bicyclic) bond motifs is 1. The molecule has 0 saturated carbocycles. The first-order valence-electron chi connectivity index (χ1n) is 9.95. The Kier molecular flexibility index (Phi) is 4.95. The summed E-state index contributed by atoms with van der Waals surface area (Å²) in [6.45, 7) is 0.574. The highest BCUT2D eigenvalue weighted by Crippen LogP contribution is 2.31. The maximum atomic E-state index is 13.1. The first-order valence-corrected chi connectivity index (χ1v) is 10.3. The zero-order valence-corrected chi connectivity index (χ0v) is 17.5. The lowest BCUT2D eigenvalue weighted by molar-refractivity contribution is -0.117. The second kappa shape index (κ2) is 7.93. The smallest absolute Gasteiger partial charge is 0.261 e. The number of amides is 2. The molecular weight excluding hydrogens is 432 g/mol. The van der Waals surface area contributed by atoms with Gasteiger partial charge in [0.15, 0.2) is 5.65 Å². The number of para-hydroxylation sites is 2. The number of carbonyl (C=O) groups excluding carboxylic acids is 2. The van der Waals surface area contributed by atoms with E-state index < -0.39 is 0 Å². The predicted octanol–water partition coefficient (Wildman–Crippen LogP) is 3.14. The number of hydrogen-bond donors (Lipinski definition) is 2. The Hall–Kier alpha value is -3.98. The maximum absolute atomic E-state index is 13.1. The molecule has 1 aliphatic rings. The van der Waals surface area contributed by atoms with Gasteiger partial charge in [0.1, 0.15) is 5.39 Å². The van der Waals surface area contributed by atoms with Crippen LogP contribution in [0.4, 0.5) is 11.4 Å². The van der Waals surface area contributed by atoms with Crippen molar-refractivity contribution in [3.63, 3.8) is 0 Å². The van der Waals surface area contributed by atoms with Crippen molar-refractivity contribution in [1.29, 1.82) is 0 Å². The first kappa shape index (κ1) is 20.0. The summed E-state index contributed by atoms with van der Waals surface area (Å²) >= 11 is 6.30. The summed E-state index contributed by atoms with van der Waals surface area (Å²) in [7, 11) is 0. The number of aromatic amines is 1. The van der Waals surface area contributed by atoms with Crippen molar-refractivity contribution >= 4 is 45.8 Å². The third-order valence-corrected chi connectivity index (χ3v) is 5.64. The van der Waals surface area contributed by atoms with Gasteiger partial charge in [-0.05, 0) is 36.8 Å². The minimum absolute atomic E-state index is 0.0112. The van der Waals surface area contributed by atoms with Crippen LogP contribution < -0.4 is 15.8 Å². The fourth-order valence-electron chi connectivity index (χ4n) is 3.75. The van der Waals surface area contributed by atoms with Gasteiger partial charge in [-0.3, -0.25) is 14.4 Å². The molecule has 32 heavy (non-hydrogen) atoms. The number of nitrogens with zero attached hydrogens (tertiary/aromatic N) is 4. The lowest BCUT2D eigenvalue weighted by atomic mass is 10.1. The molecule has 1 aliphatic heterocycles. The quantitative estimate of drug-likeness (QED) is 0.498. The Balaban J connectivity index is 1.49. The number of anilines is 2. The zero-order chi connectivity index (χ0) is 22.2. The molecule has 2 aromatic carbocycles. The van der Waals surface area contributed by atoms with Gasteiger partial charge < -0.3 is 15.2 Å². The molecule has 0 radical (unpaired) electrons. The van der Waals surface area contributed by atoms with E-state index in [4.69, 9.17) is 11.6 Å². The van der Waals surface area contributed by atoms with Gasteiger partial charge in [0.25, 0.3) is 11.5 Å². The molecule has 10 heteroatoms. The molecule has 0 spiro atoms. The molecule has 0 bridgehead atoms. The van der Waals surface area contributed by atoms with E-state index in [1.165, 1.54) is 17.2 Å². The Morgan fingerprint density at radius 1 is 1.12 bits per heavy atom. The van der Waals surface area contributed by atoms with Crippen molar-refractivity contribution in [1.82, 2.24) is 19.7 Å². The molecule has 2 aromatic heterocycles. The van der Waals surface area contributed by atoms with Crippen molar-refractivity contribution in [3.8, 4) is 5.69 Å². The summed E-state index contributed by atoms with van der Waals surface area (Å²) in [6.07, 6.45) is 3.96. The van der Waals surface area contributed by atoms with Crippen LogP contribution in [-0.2, 0) is 4.79 Å². The summed E-state index contributed by atoms with van der Waals surface area (Å²) in [5, 5.41) is 7.91. The second-order valence-electron chi connectivity index (χ2n) is 7.31.